The Balaban J connectivity index is 1.56. The van der Waals surface area contributed by atoms with Gasteiger partial charge in [0.2, 0.25) is 0 Å². The number of hydrogen-bond donors (Lipinski definition) is 0. The van der Waals surface area contributed by atoms with E-state index in [4.69, 9.17) is 4.74 Å². The Labute approximate surface area is 152 Å². The van der Waals surface area contributed by atoms with Crippen molar-refractivity contribution in [1.29, 1.82) is 0 Å². The van der Waals surface area contributed by atoms with Gasteiger partial charge >= 0.3 is 5.97 Å². The first kappa shape index (κ1) is 16.6. The molecule has 1 atom stereocenters. The summed E-state index contributed by atoms with van der Waals surface area (Å²) in [4.78, 5) is 15.7. The Kier molecular flexibility index (Phi) is 4.70. The van der Waals surface area contributed by atoms with Crippen LogP contribution in [0.3, 0.4) is 0 Å². The monoisotopic (exact) mass is 391 g/mol. The molecule has 0 amide bonds. The fourth-order valence-electron chi connectivity index (χ4n) is 4.83. The van der Waals surface area contributed by atoms with Crippen molar-refractivity contribution in [3.63, 3.8) is 0 Å². The van der Waals surface area contributed by atoms with Crippen LogP contribution in [0.1, 0.15) is 50.5 Å². The topological polar surface area (TPSA) is 29.5 Å². The lowest BCUT2D eigenvalue weighted by molar-refractivity contribution is -0.167. The van der Waals surface area contributed by atoms with Crippen LogP contribution in [0.4, 0.5) is 0 Å². The largest absolute Gasteiger partial charge is 0.460 e. The van der Waals surface area contributed by atoms with Gasteiger partial charge in [-0.1, -0.05) is 47.3 Å². The molecular formula is C20H26BrNO2. The molecule has 2 bridgehead atoms. The second kappa shape index (κ2) is 6.80. The molecule has 0 aromatic heterocycles. The van der Waals surface area contributed by atoms with E-state index in [-0.39, 0.29) is 12.1 Å². The zero-order chi connectivity index (χ0) is 16.6. The van der Waals surface area contributed by atoms with E-state index in [1.807, 2.05) is 12.1 Å². The Morgan fingerprint density at radius 1 is 1.08 bits per heavy atom. The SMILES string of the molecule is O=C(O[C@H]1CN2CCC1CC2)C1(c2ccc(Br)cc2)CCCCC1. The standard InChI is InChI=1S/C20H26BrNO2/c21-17-6-4-16(5-7-17)20(10-2-1-3-11-20)19(23)24-18-14-22-12-8-15(18)9-13-22/h4-7,15,18H,1-3,8-14H2/t18-/m0/s1. The number of piperidine rings is 3. The average Bonchev–Trinajstić information content (AvgIpc) is 2.64. The third kappa shape index (κ3) is 3.03. The zero-order valence-electron chi connectivity index (χ0n) is 14.2. The molecule has 1 aromatic carbocycles. The maximum Gasteiger partial charge on any atom is 0.316 e. The number of nitrogens with zero attached hydrogens (tertiary/aromatic N) is 1. The van der Waals surface area contributed by atoms with Crippen LogP contribution in [0.15, 0.2) is 28.7 Å². The predicted octanol–water partition coefficient (Wildman–Crippen LogP) is 4.29. The first-order chi connectivity index (χ1) is 11.7. The number of esters is 1. The summed E-state index contributed by atoms with van der Waals surface area (Å²) in [6.07, 6.45) is 7.78. The first-order valence-corrected chi connectivity index (χ1v) is 10.2. The van der Waals surface area contributed by atoms with Crippen molar-refractivity contribution in [3.05, 3.63) is 34.3 Å². The number of ether oxygens (including phenoxy) is 1. The summed E-state index contributed by atoms with van der Waals surface area (Å²) in [5.41, 5.74) is 0.710. The van der Waals surface area contributed by atoms with Crippen LogP contribution >= 0.6 is 15.9 Å². The van der Waals surface area contributed by atoms with Gasteiger partial charge in [-0.15, -0.1) is 0 Å². The van der Waals surface area contributed by atoms with Gasteiger partial charge in [-0.25, -0.2) is 0 Å². The predicted molar refractivity (Wildman–Crippen MR) is 97.9 cm³/mol. The summed E-state index contributed by atoms with van der Waals surface area (Å²) < 4.78 is 7.22. The van der Waals surface area contributed by atoms with Crippen LogP contribution in [0.2, 0.25) is 0 Å². The molecule has 3 aliphatic heterocycles. The summed E-state index contributed by atoms with van der Waals surface area (Å²) in [6, 6.07) is 8.31. The molecule has 4 fully saturated rings. The second-order valence-electron chi connectivity index (χ2n) is 7.73. The highest BCUT2D eigenvalue weighted by atomic mass is 79.9. The van der Waals surface area contributed by atoms with Crippen molar-refractivity contribution < 1.29 is 9.53 Å². The highest BCUT2D eigenvalue weighted by Gasteiger charge is 2.45. The third-order valence-electron chi connectivity index (χ3n) is 6.35. The van der Waals surface area contributed by atoms with Gasteiger partial charge in [0.1, 0.15) is 6.10 Å². The minimum absolute atomic E-state index is 0.0308. The maximum absolute atomic E-state index is 13.3. The zero-order valence-corrected chi connectivity index (χ0v) is 15.8. The molecule has 0 radical (unpaired) electrons. The number of carbonyl (C=O) groups is 1. The van der Waals surface area contributed by atoms with Crippen LogP contribution in [0.5, 0.6) is 0 Å². The van der Waals surface area contributed by atoms with Crippen molar-refractivity contribution in [2.24, 2.45) is 5.92 Å². The summed E-state index contributed by atoms with van der Waals surface area (Å²) in [7, 11) is 0. The molecule has 3 nitrogen and oxygen atoms in total. The minimum Gasteiger partial charge on any atom is -0.460 e. The second-order valence-corrected chi connectivity index (χ2v) is 8.65. The van der Waals surface area contributed by atoms with Crippen molar-refractivity contribution in [2.75, 3.05) is 19.6 Å². The Bertz CT molecular complexity index is 586. The van der Waals surface area contributed by atoms with E-state index in [0.29, 0.717) is 5.92 Å². The minimum atomic E-state index is -0.426. The van der Waals surface area contributed by atoms with Gasteiger partial charge in [0.25, 0.3) is 0 Å². The van der Waals surface area contributed by atoms with E-state index >= 15 is 0 Å². The Morgan fingerprint density at radius 3 is 2.33 bits per heavy atom. The molecule has 0 unspecified atom stereocenters. The fraction of sp³-hybridized carbons (Fsp3) is 0.650. The number of halogens is 1. The number of fused-ring (bicyclic) bond motifs is 3. The van der Waals surface area contributed by atoms with Gasteiger partial charge < -0.3 is 4.74 Å². The number of hydrogen-bond acceptors (Lipinski definition) is 3. The van der Waals surface area contributed by atoms with E-state index in [9.17, 15) is 4.79 Å². The fourth-order valence-corrected chi connectivity index (χ4v) is 5.09. The van der Waals surface area contributed by atoms with Crippen molar-refractivity contribution in [1.82, 2.24) is 4.90 Å². The molecule has 4 aliphatic rings. The van der Waals surface area contributed by atoms with E-state index in [0.717, 1.165) is 42.3 Å². The maximum atomic E-state index is 13.3. The molecule has 0 N–H and O–H groups in total. The smallest absolute Gasteiger partial charge is 0.316 e. The molecule has 130 valence electrons. The van der Waals surface area contributed by atoms with Gasteiger partial charge in [0, 0.05) is 11.0 Å². The van der Waals surface area contributed by atoms with Crippen LogP contribution in [-0.2, 0) is 14.9 Å². The van der Waals surface area contributed by atoms with Crippen molar-refractivity contribution in [3.8, 4) is 0 Å². The summed E-state index contributed by atoms with van der Waals surface area (Å²) in [6.45, 7) is 3.29. The highest BCUT2D eigenvalue weighted by molar-refractivity contribution is 9.10. The van der Waals surface area contributed by atoms with Gasteiger partial charge in [0.05, 0.1) is 5.41 Å². The first-order valence-electron chi connectivity index (χ1n) is 9.37. The molecule has 3 heterocycles. The molecule has 1 saturated carbocycles. The molecular weight excluding hydrogens is 366 g/mol. The van der Waals surface area contributed by atoms with Gasteiger partial charge in [-0.2, -0.15) is 0 Å². The lowest BCUT2D eigenvalue weighted by Gasteiger charge is -2.45. The lowest BCUT2D eigenvalue weighted by Crippen LogP contribution is -2.53. The molecule has 3 saturated heterocycles. The van der Waals surface area contributed by atoms with Crippen LogP contribution in [-0.4, -0.2) is 36.6 Å². The van der Waals surface area contributed by atoms with Gasteiger partial charge in [-0.05, 0) is 62.4 Å². The van der Waals surface area contributed by atoms with E-state index in [1.165, 1.54) is 32.4 Å². The number of rotatable bonds is 3. The number of carbonyl (C=O) groups excluding carboxylic acids is 1. The summed E-state index contributed by atoms with van der Waals surface area (Å²) >= 11 is 3.50. The molecule has 1 aliphatic carbocycles. The molecule has 4 heteroatoms. The van der Waals surface area contributed by atoms with E-state index in [1.54, 1.807) is 0 Å². The normalized spacial score (nSPS) is 31.6. The Morgan fingerprint density at radius 2 is 1.75 bits per heavy atom. The highest BCUT2D eigenvalue weighted by Crippen LogP contribution is 2.42. The van der Waals surface area contributed by atoms with Gasteiger partial charge in [-0.3, -0.25) is 9.69 Å². The molecule has 24 heavy (non-hydrogen) atoms. The van der Waals surface area contributed by atoms with Crippen LogP contribution in [0, 0.1) is 5.92 Å². The quantitative estimate of drug-likeness (QED) is 0.719. The van der Waals surface area contributed by atoms with Crippen molar-refractivity contribution in [2.45, 2.75) is 56.5 Å². The Hall–Kier alpha value is -0.870. The van der Waals surface area contributed by atoms with Crippen LogP contribution in [0.25, 0.3) is 0 Å². The molecule has 0 spiro atoms. The number of benzene rings is 1. The summed E-state index contributed by atoms with van der Waals surface area (Å²) in [5, 5.41) is 0. The molecule has 5 rings (SSSR count). The van der Waals surface area contributed by atoms with Crippen LogP contribution < -0.4 is 0 Å². The van der Waals surface area contributed by atoms with Gasteiger partial charge in [0.15, 0.2) is 0 Å². The lowest BCUT2D eigenvalue weighted by atomic mass is 9.69. The average molecular weight is 392 g/mol. The third-order valence-corrected chi connectivity index (χ3v) is 6.88. The summed E-state index contributed by atoms with van der Waals surface area (Å²) in [5.74, 6) is 0.604. The van der Waals surface area contributed by atoms with E-state index in [2.05, 4.69) is 33.0 Å². The van der Waals surface area contributed by atoms with E-state index < -0.39 is 5.41 Å². The molecule has 1 aromatic rings. The van der Waals surface area contributed by atoms with Crippen molar-refractivity contribution >= 4 is 21.9 Å².